The van der Waals surface area contributed by atoms with Crippen LogP contribution in [0.4, 0.5) is 0 Å². The first-order chi connectivity index (χ1) is 9.97. The first kappa shape index (κ1) is 17.0. The molecule has 0 aliphatic carbocycles. The summed E-state index contributed by atoms with van der Waals surface area (Å²) in [7, 11) is 1.54. The first-order valence-corrected chi connectivity index (χ1v) is 7.14. The molecule has 1 rings (SSSR count). The number of nitrogens with one attached hydrogen (secondary N) is 1. The van der Waals surface area contributed by atoms with E-state index >= 15 is 0 Å². The average Bonchev–Trinajstić information content (AvgIpc) is 2.45. The van der Waals surface area contributed by atoms with E-state index in [9.17, 15) is 14.7 Å². The maximum atomic E-state index is 11.9. The number of hydrogen-bond donors (Lipinski definition) is 2. The van der Waals surface area contributed by atoms with Crippen molar-refractivity contribution in [2.45, 2.75) is 39.2 Å². The Morgan fingerprint density at radius 3 is 2.38 bits per heavy atom. The summed E-state index contributed by atoms with van der Waals surface area (Å²) in [5.41, 5.74) is 0.528. The Morgan fingerprint density at radius 1 is 1.29 bits per heavy atom. The van der Waals surface area contributed by atoms with Gasteiger partial charge in [-0.1, -0.05) is 38.8 Å². The van der Waals surface area contributed by atoms with E-state index < -0.39 is 12.0 Å². The van der Waals surface area contributed by atoms with Gasteiger partial charge in [-0.25, -0.2) is 4.79 Å². The van der Waals surface area contributed by atoms with Crippen LogP contribution in [0, 0.1) is 5.92 Å². The fraction of sp³-hybridized carbons (Fsp3) is 0.500. The van der Waals surface area contributed by atoms with Crippen molar-refractivity contribution in [3.8, 4) is 5.75 Å². The molecule has 2 atom stereocenters. The van der Waals surface area contributed by atoms with E-state index in [1.54, 1.807) is 31.4 Å². The highest BCUT2D eigenvalue weighted by Crippen LogP contribution is 2.19. The van der Waals surface area contributed by atoms with Gasteiger partial charge in [0.1, 0.15) is 5.75 Å². The third-order valence-electron chi connectivity index (χ3n) is 3.32. The molecule has 0 saturated carbocycles. The lowest BCUT2D eigenvalue weighted by molar-refractivity contribution is -0.142. The molecular weight excluding hydrogens is 270 g/mol. The maximum Gasteiger partial charge on any atom is 0.330 e. The molecule has 0 bridgehead atoms. The summed E-state index contributed by atoms with van der Waals surface area (Å²) in [5.74, 6) is -0.415. The summed E-state index contributed by atoms with van der Waals surface area (Å²) in [6, 6.07) is 5.62. The second-order valence-corrected chi connectivity index (χ2v) is 5.21. The van der Waals surface area contributed by atoms with Crippen LogP contribution in [-0.4, -0.2) is 24.1 Å². The zero-order valence-corrected chi connectivity index (χ0v) is 12.8. The van der Waals surface area contributed by atoms with Crippen molar-refractivity contribution in [2.24, 2.45) is 5.92 Å². The van der Waals surface area contributed by atoms with Gasteiger partial charge in [-0.15, -0.1) is 0 Å². The van der Waals surface area contributed by atoms with Gasteiger partial charge in [0.05, 0.1) is 7.11 Å². The average molecular weight is 293 g/mol. The van der Waals surface area contributed by atoms with Gasteiger partial charge < -0.3 is 15.2 Å². The smallest absolute Gasteiger partial charge is 0.330 e. The second-order valence-electron chi connectivity index (χ2n) is 5.21. The van der Waals surface area contributed by atoms with Gasteiger partial charge in [0.25, 0.3) is 0 Å². The van der Waals surface area contributed by atoms with Gasteiger partial charge in [0.2, 0.25) is 5.91 Å². The second kappa shape index (κ2) is 8.29. The molecular formula is C16H23NO4. The van der Waals surface area contributed by atoms with Gasteiger partial charge in [0, 0.05) is 6.42 Å². The molecule has 1 amide bonds. The normalized spacial score (nSPS) is 13.3. The first-order valence-electron chi connectivity index (χ1n) is 7.14. The number of ether oxygens (including phenoxy) is 1. The van der Waals surface area contributed by atoms with E-state index in [0.717, 1.165) is 12.8 Å². The van der Waals surface area contributed by atoms with Gasteiger partial charge in [-0.3, -0.25) is 4.79 Å². The Hall–Kier alpha value is -2.04. The van der Waals surface area contributed by atoms with E-state index in [1.165, 1.54) is 0 Å². The third-order valence-corrected chi connectivity index (χ3v) is 3.32. The molecule has 0 spiro atoms. The molecule has 5 nitrogen and oxygen atoms in total. The highest BCUT2D eigenvalue weighted by Gasteiger charge is 2.22. The minimum atomic E-state index is -1.07. The van der Waals surface area contributed by atoms with Crippen LogP contribution in [-0.2, 0) is 9.59 Å². The number of benzene rings is 1. The van der Waals surface area contributed by atoms with Crippen LogP contribution in [0.25, 0.3) is 0 Å². The molecule has 1 aromatic rings. The summed E-state index contributed by atoms with van der Waals surface area (Å²) in [4.78, 5) is 23.3. The Balaban J connectivity index is 2.73. The minimum absolute atomic E-state index is 0.237. The number of hydrogen-bond acceptors (Lipinski definition) is 3. The van der Waals surface area contributed by atoms with Gasteiger partial charge in [0.15, 0.2) is 6.04 Å². The van der Waals surface area contributed by atoms with Crippen molar-refractivity contribution in [1.29, 1.82) is 0 Å². The Labute approximate surface area is 125 Å². The number of aliphatic carboxylic acids is 1. The molecule has 0 radical (unpaired) electrons. The predicted molar refractivity (Wildman–Crippen MR) is 80.2 cm³/mol. The molecule has 5 heteroatoms. The van der Waals surface area contributed by atoms with Crippen molar-refractivity contribution in [3.63, 3.8) is 0 Å². The molecule has 0 aliphatic rings. The number of rotatable bonds is 8. The highest BCUT2D eigenvalue weighted by molar-refractivity contribution is 5.84. The number of carbonyl (C=O) groups is 2. The Kier molecular flexibility index (Phi) is 6.72. The maximum absolute atomic E-state index is 11.9. The summed E-state index contributed by atoms with van der Waals surface area (Å²) in [5, 5.41) is 11.9. The Bertz CT molecular complexity index is 470. The Morgan fingerprint density at radius 2 is 1.90 bits per heavy atom. The number of carbonyl (C=O) groups excluding carboxylic acids is 1. The summed E-state index contributed by atoms with van der Waals surface area (Å²) in [6.07, 6.45) is 2.30. The molecule has 0 saturated heterocycles. The fourth-order valence-electron chi connectivity index (χ4n) is 2.22. The minimum Gasteiger partial charge on any atom is -0.497 e. The molecule has 1 aromatic carbocycles. The van der Waals surface area contributed by atoms with E-state index in [2.05, 4.69) is 12.2 Å². The van der Waals surface area contributed by atoms with E-state index in [1.807, 2.05) is 6.92 Å². The summed E-state index contributed by atoms with van der Waals surface area (Å²) >= 11 is 0. The molecule has 0 aliphatic heterocycles. The zero-order chi connectivity index (χ0) is 15.8. The lowest BCUT2D eigenvalue weighted by atomic mass is 10.0. The van der Waals surface area contributed by atoms with Crippen LogP contribution in [0.2, 0.25) is 0 Å². The topological polar surface area (TPSA) is 75.6 Å². The van der Waals surface area contributed by atoms with Crippen molar-refractivity contribution in [2.75, 3.05) is 7.11 Å². The summed E-state index contributed by atoms with van der Waals surface area (Å²) < 4.78 is 5.04. The predicted octanol–water partition coefficient (Wildman–Crippen LogP) is 2.76. The quantitative estimate of drug-likeness (QED) is 0.772. The zero-order valence-electron chi connectivity index (χ0n) is 12.8. The van der Waals surface area contributed by atoms with Crippen molar-refractivity contribution in [3.05, 3.63) is 29.8 Å². The van der Waals surface area contributed by atoms with Gasteiger partial charge in [-0.05, 0) is 23.6 Å². The largest absolute Gasteiger partial charge is 0.497 e. The molecule has 0 aromatic heterocycles. The monoisotopic (exact) mass is 293 g/mol. The number of methoxy groups -OCH3 is 1. The third kappa shape index (κ3) is 5.45. The number of amides is 1. The van der Waals surface area contributed by atoms with E-state index in [-0.39, 0.29) is 11.8 Å². The fourth-order valence-corrected chi connectivity index (χ4v) is 2.22. The van der Waals surface area contributed by atoms with Gasteiger partial charge >= 0.3 is 5.97 Å². The molecule has 2 unspecified atom stereocenters. The van der Waals surface area contributed by atoms with E-state index in [0.29, 0.717) is 17.7 Å². The van der Waals surface area contributed by atoms with E-state index in [4.69, 9.17) is 4.74 Å². The van der Waals surface area contributed by atoms with Crippen molar-refractivity contribution >= 4 is 11.9 Å². The number of carboxylic acids is 1. The lowest BCUT2D eigenvalue weighted by Crippen LogP contribution is -2.34. The molecule has 21 heavy (non-hydrogen) atoms. The molecule has 2 N–H and O–H groups in total. The molecule has 0 fully saturated rings. The van der Waals surface area contributed by atoms with Crippen LogP contribution in [0.15, 0.2) is 24.3 Å². The van der Waals surface area contributed by atoms with Crippen LogP contribution >= 0.6 is 0 Å². The van der Waals surface area contributed by atoms with Crippen LogP contribution in [0.1, 0.15) is 44.7 Å². The van der Waals surface area contributed by atoms with Crippen molar-refractivity contribution < 1.29 is 19.4 Å². The SMILES string of the molecule is CCCC(C)CC(=O)NC(C(=O)O)c1ccc(OC)cc1. The highest BCUT2D eigenvalue weighted by atomic mass is 16.5. The number of carboxylic acid groups (broad SMARTS) is 1. The van der Waals surface area contributed by atoms with Gasteiger partial charge in [-0.2, -0.15) is 0 Å². The lowest BCUT2D eigenvalue weighted by Gasteiger charge is -2.17. The van der Waals surface area contributed by atoms with Crippen LogP contribution < -0.4 is 10.1 Å². The molecule has 116 valence electrons. The van der Waals surface area contributed by atoms with Crippen LogP contribution in [0.3, 0.4) is 0 Å². The van der Waals surface area contributed by atoms with Crippen molar-refractivity contribution in [1.82, 2.24) is 5.32 Å². The standard InChI is InChI=1S/C16H23NO4/c1-4-5-11(2)10-14(18)17-15(16(19)20)12-6-8-13(21-3)9-7-12/h6-9,11,15H,4-5,10H2,1-3H3,(H,17,18)(H,19,20). The molecule has 0 heterocycles. The van der Waals surface area contributed by atoms with Crippen LogP contribution in [0.5, 0.6) is 5.75 Å². The summed E-state index contributed by atoms with van der Waals surface area (Å²) in [6.45, 7) is 4.05.